The van der Waals surface area contributed by atoms with E-state index in [1.54, 1.807) is 0 Å². The Labute approximate surface area is 87.7 Å². The van der Waals surface area contributed by atoms with Crippen LogP contribution >= 0.6 is 0 Å². The molecule has 0 radical (unpaired) electrons. The molecular weight excluding hydrogens is 172 g/mol. The number of terminal acetylenes is 1. The lowest BCUT2D eigenvalue weighted by Gasteiger charge is -1.32. The number of aliphatic hydroxyl groups is 3. The Kier molecular flexibility index (Phi) is 8090. The van der Waals surface area contributed by atoms with Gasteiger partial charge in [-0.05, 0) is 0 Å². The molecule has 0 aliphatic heterocycles. The molecule has 7 N–H and O–H groups in total. The molecule has 0 bridgehead atoms. The number of aliphatic hydroxyl groups excluding tert-OH is 3. The summed E-state index contributed by atoms with van der Waals surface area (Å²) in [5.41, 5.74) is 0. The first-order chi connectivity index (χ1) is 4.83. The zero-order valence-electron chi connectivity index (χ0n) is 18.7. The fraction of sp³-hybridized carbons (Fsp3) is 0.400. The Morgan fingerprint density at radius 1 is 1.08 bits per heavy atom. The predicted octanol–water partition coefficient (Wildman–Crippen LogP) is -1.72. The van der Waals surface area contributed by atoms with Crippen molar-refractivity contribution in [3.63, 3.8) is 0 Å². The van der Waals surface area contributed by atoms with Gasteiger partial charge in [0, 0.05) is 14.2 Å². The van der Waals surface area contributed by atoms with Gasteiger partial charge in [-0.2, -0.15) is 9.59 Å². The third kappa shape index (κ3) is 244. The van der Waals surface area contributed by atoms with E-state index in [9.17, 15) is 0 Å². The van der Waals surface area contributed by atoms with Gasteiger partial charge in [-0.1, -0.05) is 6.42 Å². The third-order valence-electron chi connectivity index (χ3n) is 0. The van der Waals surface area contributed by atoms with Crippen molar-refractivity contribution in [2.24, 2.45) is 0 Å². The molecule has 0 saturated carbocycles. The highest BCUT2D eigenvalue weighted by Crippen LogP contribution is 1.06. The van der Waals surface area contributed by atoms with Crippen molar-refractivity contribution in [3.05, 3.63) is 0 Å². The average molecular weight is 198 g/mol. The summed E-state index contributed by atoms with van der Waals surface area (Å²) in [6, 6.07) is 0. The second kappa shape index (κ2) is 2100. The standard InChI is InChI=1S/C2H2O.CO2.2CH4O.2H2O/c1-2-3;2-1-3;2*1-2;;/h1,3H;;2*2H,1H3;2*1H2/p+12. The second-order valence-corrected chi connectivity index (χ2v) is 0.212. The van der Waals surface area contributed by atoms with Crippen molar-refractivity contribution in [2.75, 3.05) is 14.2 Å². The largest absolute Gasteiger partial charge is 1.00 e. The topological polar surface area (TPSA) is 158 Å². The van der Waals surface area contributed by atoms with Crippen molar-refractivity contribution in [1.82, 2.24) is 0 Å². The minimum atomic E-state index is 0. The highest BCUT2D eigenvalue weighted by molar-refractivity contribution is 5.20. The summed E-state index contributed by atoms with van der Waals surface area (Å²) >= 11 is 0. The molecule has 0 aromatic heterocycles. The molecule has 0 atom stereocenters. The van der Waals surface area contributed by atoms with Crippen molar-refractivity contribution < 1.29 is 53.0 Å². The molecule has 0 aromatic rings. The van der Waals surface area contributed by atoms with Gasteiger partial charge in [-0.15, -0.1) is 0 Å². The SMILES string of the molecule is C#CO.CO.CO.O.O.O=C=O.[H+].[H+].[H+].[H+].[H+].[H+].[H+].[H+].[H+].[H+].[H+].[H+]. The molecule has 12 heavy (non-hydrogen) atoms. The lowest BCUT2D eigenvalue weighted by Crippen LogP contribution is -1.27. The van der Waals surface area contributed by atoms with Gasteiger partial charge in [0.1, 0.15) is 6.11 Å². The lowest BCUT2D eigenvalue weighted by atomic mass is 11.3. The molecule has 0 fully saturated rings. The molecule has 0 spiro atoms. The van der Waals surface area contributed by atoms with E-state index in [4.69, 9.17) is 24.9 Å². The summed E-state index contributed by atoms with van der Waals surface area (Å²) in [6.07, 6.45) is 5.65. The van der Waals surface area contributed by atoms with Gasteiger partial charge >= 0.3 is 23.3 Å². The highest BCUT2D eigenvalue weighted by Gasteiger charge is 1.13. The van der Waals surface area contributed by atoms with Crippen LogP contribution in [0.2, 0.25) is 0 Å². The zero-order valence-corrected chi connectivity index (χ0v) is 6.74. The van der Waals surface area contributed by atoms with Crippen LogP contribution in [0.15, 0.2) is 0 Å². The Morgan fingerprint density at radius 2 is 1.08 bits per heavy atom. The maximum atomic E-state index is 8.12. The Bertz CT molecular complexity index is 102. The van der Waals surface area contributed by atoms with E-state index in [2.05, 4.69) is 6.42 Å². The van der Waals surface area contributed by atoms with Crippen molar-refractivity contribution in [3.8, 4) is 12.5 Å². The summed E-state index contributed by atoms with van der Waals surface area (Å²) in [7, 11) is 2.00. The number of rotatable bonds is 0. The first kappa shape index (κ1) is 46.3. The van der Waals surface area contributed by atoms with Gasteiger partial charge in [0.25, 0.3) is 0 Å². The Hall–Kier alpha value is -1.42. The van der Waals surface area contributed by atoms with Crippen LogP contribution in [0.5, 0.6) is 0 Å². The Balaban J connectivity index is -0.00000000106. The summed E-state index contributed by atoms with van der Waals surface area (Å²) in [5.74, 6) is 0. The molecule has 7 nitrogen and oxygen atoms in total. The summed E-state index contributed by atoms with van der Waals surface area (Å²) in [5, 5.41) is 21.1. The van der Waals surface area contributed by atoms with Crippen LogP contribution < -0.4 is 0 Å². The molecule has 0 heterocycles. The predicted molar refractivity (Wildman–Crippen MR) is 52.6 cm³/mol. The van der Waals surface area contributed by atoms with Gasteiger partial charge in [0.2, 0.25) is 0 Å². The van der Waals surface area contributed by atoms with Gasteiger partial charge in [-0.25, -0.2) is 0 Å². The summed E-state index contributed by atoms with van der Waals surface area (Å²) < 4.78 is 0. The maximum Gasteiger partial charge on any atom is 1.00 e. The maximum absolute atomic E-state index is 8.12. The normalized spacial score (nSPS) is 2.25. The molecule has 0 aliphatic rings. The molecule has 0 aromatic carbocycles. The van der Waals surface area contributed by atoms with Crippen LogP contribution in [0.25, 0.3) is 0 Å². The molecule has 76 valence electrons. The van der Waals surface area contributed by atoms with E-state index >= 15 is 0 Å². The van der Waals surface area contributed by atoms with Crippen molar-refractivity contribution in [1.29, 1.82) is 0 Å². The fourth-order valence-corrected chi connectivity index (χ4v) is 0. The van der Waals surface area contributed by atoms with Gasteiger partial charge in [0.05, 0.1) is 0 Å². The van der Waals surface area contributed by atoms with Crippen LogP contribution in [-0.4, -0.2) is 46.6 Å². The molecule has 0 aliphatic carbocycles. The summed E-state index contributed by atoms with van der Waals surface area (Å²) in [4.78, 5) is 16.2. The van der Waals surface area contributed by atoms with Gasteiger partial charge < -0.3 is 26.3 Å². The van der Waals surface area contributed by atoms with Crippen LogP contribution in [0.1, 0.15) is 17.1 Å². The smallest absolute Gasteiger partial charge is 0.462 e. The fourth-order valence-electron chi connectivity index (χ4n) is 0. The third-order valence-corrected chi connectivity index (χ3v) is 0. The van der Waals surface area contributed by atoms with E-state index in [1.165, 1.54) is 6.11 Å². The molecular formula is C5H26O7+12. The first-order valence-electron chi connectivity index (χ1n) is 1.81. The lowest BCUT2D eigenvalue weighted by molar-refractivity contribution is -0.191. The molecule has 0 saturated heterocycles. The van der Waals surface area contributed by atoms with E-state index in [0.29, 0.717) is 0 Å². The number of carbonyl (C=O) groups excluding carboxylic acids is 2. The van der Waals surface area contributed by atoms with E-state index in [0.717, 1.165) is 14.2 Å². The second-order valence-electron chi connectivity index (χ2n) is 0.212. The molecule has 0 rings (SSSR count). The summed E-state index contributed by atoms with van der Waals surface area (Å²) in [6.45, 7) is 0. The minimum Gasteiger partial charge on any atom is -0.462 e. The van der Waals surface area contributed by atoms with E-state index in [1.807, 2.05) is 0 Å². The van der Waals surface area contributed by atoms with Gasteiger partial charge in [-0.3, -0.25) is 0 Å². The van der Waals surface area contributed by atoms with Gasteiger partial charge in [0.15, 0.2) is 0 Å². The van der Waals surface area contributed by atoms with Crippen LogP contribution in [0.4, 0.5) is 0 Å². The number of hydrogen-bond acceptors (Lipinski definition) is 5. The number of hydrogen-bond donors (Lipinski definition) is 3. The van der Waals surface area contributed by atoms with E-state index in [-0.39, 0.29) is 34.2 Å². The minimum absolute atomic E-state index is 0. The van der Waals surface area contributed by atoms with Crippen LogP contribution in [-0.2, 0) is 9.59 Å². The first-order valence-corrected chi connectivity index (χ1v) is 1.81. The van der Waals surface area contributed by atoms with Crippen LogP contribution in [0, 0.1) is 12.5 Å². The van der Waals surface area contributed by atoms with Crippen molar-refractivity contribution in [2.45, 2.75) is 0 Å². The Morgan fingerprint density at radius 3 is 1.08 bits per heavy atom. The zero-order chi connectivity index (χ0) is 9.41. The van der Waals surface area contributed by atoms with E-state index < -0.39 is 0 Å². The molecule has 7 heteroatoms. The van der Waals surface area contributed by atoms with Crippen molar-refractivity contribution >= 4 is 6.15 Å². The average Bonchev–Trinajstić information content (AvgIpc) is 1.99. The molecule has 0 unspecified atom stereocenters. The quantitative estimate of drug-likeness (QED) is 0.394. The molecule has 0 amide bonds. The van der Waals surface area contributed by atoms with Crippen LogP contribution in [0.3, 0.4) is 0 Å². The highest BCUT2D eigenvalue weighted by atomic mass is 16.2. The monoisotopic (exact) mass is 198 g/mol.